The van der Waals surface area contributed by atoms with Gasteiger partial charge in [-0.15, -0.1) is 0 Å². The molecule has 1 spiro atoms. The van der Waals surface area contributed by atoms with Gasteiger partial charge in [0.25, 0.3) is 5.91 Å². The maximum Gasteiger partial charge on any atom is 0.251 e. The Morgan fingerprint density at radius 3 is 2.43 bits per heavy atom. The molecule has 1 aromatic rings. The lowest BCUT2D eigenvalue weighted by atomic mass is 9.65. The number of hydrogen-bond donors (Lipinski definition) is 1. The minimum atomic E-state index is -0.826. The summed E-state index contributed by atoms with van der Waals surface area (Å²) in [5, 5.41) is 0.234. The second-order valence-corrected chi connectivity index (χ2v) is 7.41. The first-order chi connectivity index (χ1) is 11.0. The lowest BCUT2D eigenvalue weighted by Crippen LogP contribution is -2.34. The number of carbonyl (C=O) groups excluding carboxylic acids is 1. The molecule has 0 radical (unpaired) electrons. The van der Waals surface area contributed by atoms with Crippen LogP contribution >= 0.6 is 11.6 Å². The van der Waals surface area contributed by atoms with Gasteiger partial charge in [0, 0.05) is 6.07 Å². The summed E-state index contributed by atoms with van der Waals surface area (Å²) in [6.45, 7) is 0. The van der Waals surface area contributed by atoms with Gasteiger partial charge in [-0.05, 0) is 50.0 Å². The van der Waals surface area contributed by atoms with E-state index in [1.807, 2.05) is 0 Å². The monoisotopic (exact) mass is 339 g/mol. The van der Waals surface area contributed by atoms with Crippen molar-refractivity contribution in [3.63, 3.8) is 0 Å². The fourth-order valence-corrected chi connectivity index (χ4v) is 4.32. The molecule has 1 aromatic carbocycles. The largest absolute Gasteiger partial charge is 0.489 e. The second-order valence-electron chi connectivity index (χ2n) is 7.00. The quantitative estimate of drug-likeness (QED) is 0.855. The van der Waals surface area contributed by atoms with Gasteiger partial charge >= 0.3 is 0 Å². The normalized spacial score (nSPS) is 21.3. The molecule has 0 unspecified atom stereocenters. The smallest absolute Gasteiger partial charge is 0.251 e. The van der Waals surface area contributed by atoms with Crippen molar-refractivity contribution in [3.8, 4) is 5.75 Å². The Morgan fingerprint density at radius 2 is 1.83 bits per heavy atom. The number of carbonyl (C=O) groups is 1. The molecule has 0 atom stereocenters. The van der Waals surface area contributed by atoms with Crippen molar-refractivity contribution < 1.29 is 13.9 Å². The van der Waals surface area contributed by atoms with Crippen molar-refractivity contribution in [1.82, 2.24) is 0 Å². The molecular weight excluding hydrogens is 317 g/mol. The van der Waals surface area contributed by atoms with E-state index in [1.54, 1.807) is 0 Å². The maximum atomic E-state index is 13.9. The van der Waals surface area contributed by atoms with Crippen LogP contribution in [-0.2, 0) is 0 Å². The molecule has 2 fully saturated rings. The van der Waals surface area contributed by atoms with Crippen LogP contribution in [0.3, 0.4) is 0 Å². The summed E-state index contributed by atoms with van der Waals surface area (Å²) < 4.78 is 19.8. The van der Waals surface area contributed by atoms with Gasteiger partial charge in [-0.3, -0.25) is 4.79 Å². The number of nitrogens with two attached hydrogens (primary N) is 1. The van der Waals surface area contributed by atoms with Crippen LogP contribution in [0.5, 0.6) is 5.75 Å². The van der Waals surface area contributed by atoms with Crippen LogP contribution in [-0.4, -0.2) is 12.0 Å². The summed E-state index contributed by atoms with van der Waals surface area (Å²) in [7, 11) is 0. The van der Waals surface area contributed by atoms with E-state index in [0.29, 0.717) is 11.2 Å². The number of primary amides is 1. The third-order valence-electron chi connectivity index (χ3n) is 5.49. The number of amides is 1. The molecule has 2 aliphatic rings. The average Bonchev–Trinajstić information content (AvgIpc) is 2.53. The zero-order valence-corrected chi connectivity index (χ0v) is 14.0. The first-order valence-corrected chi connectivity index (χ1v) is 8.82. The zero-order valence-electron chi connectivity index (χ0n) is 13.2. The highest BCUT2D eigenvalue weighted by molar-refractivity contribution is 6.32. The molecule has 3 rings (SSSR count). The summed E-state index contributed by atoms with van der Waals surface area (Å²) in [6, 6.07) is 2.42. The SMILES string of the molecule is NC(=O)c1cc(Cl)c(OC2CCC3(CCCCC3)CC2)cc1F. The summed E-state index contributed by atoms with van der Waals surface area (Å²) in [5.74, 6) is -1.21. The van der Waals surface area contributed by atoms with Gasteiger partial charge in [0.2, 0.25) is 0 Å². The van der Waals surface area contributed by atoms with E-state index in [-0.39, 0.29) is 16.7 Å². The molecule has 2 aliphatic carbocycles. The first-order valence-electron chi connectivity index (χ1n) is 8.45. The van der Waals surface area contributed by atoms with Crippen molar-refractivity contribution in [2.24, 2.45) is 11.1 Å². The highest BCUT2D eigenvalue weighted by Crippen LogP contribution is 2.48. The van der Waals surface area contributed by atoms with Crippen molar-refractivity contribution in [1.29, 1.82) is 0 Å². The van der Waals surface area contributed by atoms with Crippen LogP contribution in [0.4, 0.5) is 4.39 Å². The molecule has 0 heterocycles. The minimum Gasteiger partial charge on any atom is -0.489 e. The van der Waals surface area contributed by atoms with Crippen LogP contribution in [0.2, 0.25) is 5.02 Å². The Bertz CT molecular complexity index is 589. The molecular formula is C18H23ClFNO2. The standard InChI is InChI=1S/C18H23ClFNO2/c19-14-10-13(17(21)22)15(20)11-16(14)23-12-4-8-18(9-5-12)6-2-1-3-7-18/h10-12H,1-9H2,(H2,21,22). The number of halogens is 2. The lowest BCUT2D eigenvalue weighted by Gasteiger charge is -2.42. The summed E-state index contributed by atoms with van der Waals surface area (Å²) in [6.07, 6.45) is 11.1. The summed E-state index contributed by atoms with van der Waals surface area (Å²) >= 11 is 6.11. The van der Waals surface area contributed by atoms with Crippen molar-refractivity contribution in [3.05, 3.63) is 28.5 Å². The van der Waals surface area contributed by atoms with Crippen molar-refractivity contribution >= 4 is 17.5 Å². The Balaban J connectivity index is 1.64. The fourth-order valence-electron chi connectivity index (χ4n) is 4.11. The molecule has 5 heteroatoms. The topological polar surface area (TPSA) is 52.3 Å². The van der Waals surface area contributed by atoms with Gasteiger partial charge in [-0.2, -0.15) is 0 Å². The molecule has 0 saturated heterocycles. The van der Waals surface area contributed by atoms with E-state index in [1.165, 1.54) is 57.1 Å². The Kier molecular flexibility index (Phi) is 4.81. The van der Waals surface area contributed by atoms with Crippen LogP contribution in [0.1, 0.15) is 68.1 Å². The highest BCUT2D eigenvalue weighted by Gasteiger charge is 2.36. The third-order valence-corrected chi connectivity index (χ3v) is 5.78. The molecule has 23 heavy (non-hydrogen) atoms. The molecule has 0 aliphatic heterocycles. The van der Waals surface area contributed by atoms with E-state index in [0.717, 1.165) is 12.8 Å². The van der Waals surface area contributed by atoms with Crippen LogP contribution in [0, 0.1) is 11.2 Å². The van der Waals surface area contributed by atoms with Crippen molar-refractivity contribution in [2.45, 2.75) is 63.9 Å². The zero-order chi connectivity index (χ0) is 16.4. The predicted octanol–water partition coefficient (Wildman–Crippen LogP) is 4.85. The van der Waals surface area contributed by atoms with Gasteiger partial charge in [0.15, 0.2) is 0 Å². The van der Waals surface area contributed by atoms with E-state index in [2.05, 4.69) is 0 Å². The molecule has 0 bridgehead atoms. The molecule has 126 valence electrons. The number of benzene rings is 1. The summed E-state index contributed by atoms with van der Waals surface area (Å²) in [5.41, 5.74) is 5.43. The molecule has 1 amide bonds. The number of rotatable bonds is 3. The van der Waals surface area contributed by atoms with Crippen LogP contribution < -0.4 is 10.5 Å². The van der Waals surface area contributed by atoms with Crippen molar-refractivity contribution in [2.75, 3.05) is 0 Å². The van der Waals surface area contributed by atoms with Gasteiger partial charge in [0.1, 0.15) is 11.6 Å². The fraction of sp³-hybridized carbons (Fsp3) is 0.611. The third kappa shape index (κ3) is 3.63. The predicted molar refractivity (Wildman–Crippen MR) is 88.3 cm³/mol. The maximum absolute atomic E-state index is 13.9. The molecule has 2 saturated carbocycles. The Labute approximate surface area is 141 Å². The number of hydrogen-bond acceptors (Lipinski definition) is 2. The molecule has 0 aromatic heterocycles. The van der Waals surface area contributed by atoms with E-state index in [4.69, 9.17) is 22.1 Å². The van der Waals surface area contributed by atoms with E-state index in [9.17, 15) is 9.18 Å². The van der Waals surface area contributed by atoms with Crippen LogP contribution in [0.25, 0.3) is 0 Å². The summed E-state index contributed by atoms with van der Waals surface area (Å²) in [4.78, 5) is 11.1. The Morgan fingerprint density at radius 1 is 1.17 bits per heavy atom. The number of ether oxygens (including phenoxy) is 1. The van der Waals surface area contributed by atoms with Gasteiger partial charge in [-0.25, -0.2) is 4.39 Å². The highest BCUT2D eigenvalue weighted by atomic mass is 35.5. The van der Waals surface area contributed by atoms with Gasteiger partial charge in [0.05, 0.1) is 16.7 Å². The average molecular weight is 340 g/mol. The van der Waals surface area contributed by atoms with E-state index < -0.39 is 11.7 Å². The molecule has 3 nitrogen and oxygen atoms in total. The minimum absolute atomic E-state index is 0.0684. The van der Waals surface area contributed by atoms with Gasteiger partial charge < -0.3 is 10.5 Å². The Hall–Kier alpha value is -1.29. The van der Waals surface area contributed by atoms with E-state index >= 15 is 0 Å². The molecule has 2 N–H and O–H groups in total. The lowest BCUT2D eigenvalue weighted by molar-refractivity contribution is 0.0522. The second kappa shape index (κ2) is 6.68. The first kappa shape index (κ1) is 16.6. The van der Waals surface area contributed by atoms with Crippen LogP contribution in [0.15, 0.2) is 12.1 Å². The van der Waals surface area contributed by atoms with Gasteiger partial charge in [-0.1, -0.05) is 30.9 Å².